The van der Waals surface area contributed by atoms with E-state index in [1.165, 1.54) is 11.1 Å². The van der Waals surface area contributed by atoms with Crippen LogP contribution in [0.15, 0.2) is 54.6 Å². The van der Waals surface area contributed by atoms with Crippen LogP contribution < -0.4 is 5.32 Å². The average Bonchev–Trinajstić information content (AvgIpc) is 2.57. The Kier molecular flexibility index (Phi) is 5.37. The molecule has 3 rings (SSSR count). The molecule has 23 heavy (non-hydrogen) atoms. The van der Waals surface area contributed by atoms with Gasteiger partial charge in [-0.2, -0.15) is 0 Å². The van der Waals surface area contributed by atoms with E-state index in [0.29, 0.717) is 5.92 Å². The molecule has 0 aromatic heterocycles. The summed E-state index contributed by atoms with van der Waals surface area (Å²) in [6.45, 7) is 2.20. The highest BCUT2D eigenvalue weighted by molar-refractivity contribution is 6.30. The normalized spacial score (nSPS) is 24.5. The van der Waals surface area contributed by atoms with E-state index in [2.05, 4.69) is 47.8 Å². The molecule has 1 heterocycles. The van der Waals surface area contributed by atoms with Crippen LogP contribution in [0.2, 0.25) is 5.02 Å². The summed E-state index contributed by atoms with van der Waals surface area (Å²) >= 11 is 6.06. The van der Waals surface area contributed by atoms with Crippen molar-refractivity contribution in [2.75, 3.05) is 19.7 Å². The Hall–Kier alpha value is -1.35. The van der Waals surface area contributed by atoms with E-state index in [1.807, 2.05) is 12.1 Å². The van der Waals surface area contributed by atoms with Crippen molar-refractivity contribution in [3.8, 4) is 0 Å². The van der Waals surface area contributed by atoms with Gasteiger partial charge in [0, 0.05) is 24.1 Å². The number of benzene rings is 2. The maximum Gasteiger partial charge on any atom is 0.0436 e. The van der Waals surface area contributed by atoms with Crippen molar-refractivity contribution < 1.29 is 5.11 Å². The van der Waals surface area contributed by atoms with Gasteiger partial charge in [0.1, 0.15) is 0 Å². The monoisotopic (exact) mass is 329 g/mol. The molecule has 0 spiro atoms. The van der Waals surface area contributed by atoms with E-state index in [9.17, 15) is 5.11 Å². The Morgan fingerprint density at radius 1 is 1.09 bits per heavy atom. The van der Waals surface area contributed by atoms with Gasteiger partial charge < -0.3 is 10.4 Å². The second-order valence-corrected chi connectivity index (χ2v) is 6.99. The van der Waals surface area contributed by atoms with Crippen LogP contribution in [0.25, 0.3) is 0 Å². The van der Waals surface area contributed by atoms with Gasteiger partial charge in [-0.1, -0.05) is 54.1 Å². The molecule has 1 saturated heterocycles. The van der Waals surface area contributed by atoms with Gasteiger partial charge in [0.25, 0.3) is 0 Å². The quantitative estimate of drug-likeness (QED) is 0.868. The van der Waals surface area contributed by atoms with E-state index < -0.39 is 0 Å². The van der Waals surface area contributed by atoms with Crippen molar-refractivity contribution in [2.45, 2.75) is 25.2 Å². The highest BCUT2D eigenvalue weighted by Gasteiger charge is 2.41. The molecule has 0 unspecified atom stereocenters. The van der Waals surface area contributed by atoms with E-state index in [4.69, 9.17) is 11.6 Å². The highest BCUT2D eigenvalue weighted by atomic mass is 35.5. The van der Waals surface area contributed by atoms with Crippen LogP contribution in [0.3, 0.4) is 0 Å². The van der Waals surface area contributed by atoms with Crippen molar-refractivity contribution in [3.05, 3.63) is 70.7 Å². The molecule has 2 atom stereocenters. The summed E-state index contributed by atoms with van der Waals surface area (Å²) in [4.78, 5) is 0. The van der Waals surface area contributed by atoms with E-state index in [1.54, 1.807) is 0 Å². The fraction of sp³-hybridized carbons (Fsp3) is 0.400. The summed E-state index contributed by atoms with van der Waals surface area (Å²) in [7, 11) is 0. The van der Waals surface area contributed by atoms with Crippen LogP contribution in [0.1, 0.15) is 29.9 Å². The minimum Gasteiger partial charge on any atom is -0.396 e. The Labute approximate surface area is 143 Å². The maximum atomic E-state index is 9.73. The highest BCUT2D eigenvalue weighted by Crippen LogP contribution is 2.46. The fourth-order valence-corrected chi connectivity index (χ4v) is 4.09. The molecule has 1 aliphatic rings. The molecule has 2 N–H and O–H groups in total. The number of rotatable bonds is 5. The molecule has 0 aliphatic carbocycles. The summed E-state index contributed by atoms with van der Waals surface area (Å²) in [6.07, 6.45) is 2.91. The number of aliphatic hydroxyl groups excluding tert-OH is 1. The zero-order valence-corrected chi connectivity index (χ0v) is 14.1. The number of hydrogen-bond donors (Lipinski definition) is 2. The Morgan fingerprint density at radius 2 is 1.83 bits per heavy atom. The molecular weight excluding hydrogens is 306 g/mol. The van der Waals surface area contributed by atoms with Gasteiger partial charge in [-0.25, -0.2) is 0 Å². The van der Waals surface area contributed by atoms with Gasteiger partial charge in [-0.15, -0.1) is 0 Å². The SMILES string of the molecule is OCC[C@]1(Cc2ccccc2)CCNC[C@@H]1c1ccc(Cl)cc1. The lowest BCUT2D eigenvalue weighted by molar-refractivity contribution is 0.110. The van der Waals surface area contributed by atoms with Gasteiger partial charge >= 0.3 is 0 Å². The van der Waals surface area contributed by atoms with Crippen LogP contribution >= 0.6 is 11.6 Å². The summed E-state index contributed by atoms with van der Waals surface area (Å²) in [5.74, 6) is 0.390. The molecule has 2 aromatic rings. The van der Waals surface area contributed by atoms with Gasteiger partial charge in [-0.05, 0) is 54.5 Å². The molecule has 1 fully saturated rings. The number of halogens is 1. The summed E-state index contributed by atoms with van der Waals surface area (Å²) in [5.41, 5.74) is 2.75. The predicted octanol–water partition coefficient (Wildman–Crippen LogP) is 4.03. The molecule has 1 aliphatic heterocycles. The summed E-state index contributed by atoms with van der Waals surface area (Å²) < 4.78 is 0. The molecule has 2 nitrogen and oxygen atoms in total. The summed E-state index contributed by atoms with van der Waals surface area (Å²) in [6, 6.07) is 18.9. The molecule has 0 amide bonds. The molecule has 122 valence electrons. The second kappa shape index (κ2) is 7.48. The molecule has 2 aromatic carbocycles. The number of hydrogen-bond acceptors (Lipinski definition) is 2. The lowest BCUT2D eigenvalue weighted by Gasteiger charge is -2.45. The topological polar surface area (TPSA) is 32.3 Å². The van der Waals surface area contributed by atoms with Crippen LogP contribution in [0.5, 0.6) is 0 Å². The van der Waals surface area contributed by atoms with Crippen LogP contribution in [-0.2, 0) is 6.42 Å². The van der Waals surface area contributed by atoms with Crippen molar-refractivity contribution in [3.63, 3.8) is 0 Å². The first-order valence-corrected chi connectivity index (χ1v) is 8.72. The Morgan fingerprint density at radius 3 is 2.52 bits per heavy atom. The van der Waals surface area contributed by atoms with Crippen LogP contribution in [0.4, 0.5) is 0 Å². The smallest absolute Gasteiger partial charge is 0.0436 e. The molecule has 0 saturated carbocycles. The molecule has 3 heteroatoms. The Bertz CT molecular complexity index is 609. The first-order chi connectivity index (χ1) is 11.2. The second-order valence-electron chi connectivity index (χ2n) is 6.56. The first-order valence-electron chi connectivity index (χ1n) is 8.34. The maximum absolute atomic E-state index is 9.73. The van der Waals surface area contributed by atoms with Crippen molar-refractivity contribution in [2.24, 2.45) is 5.41 Å². The van der Waals surface area contributed by atoms with Crippen LogP contribution in [0, 0.1) is 5.41 Å². The van der Waals surface area contributed by atoms with Gasteiger partial charge in [0.2, 0.25) is 0 Å². The number of piperidine rings is 1. The van der Waals surface area contributed by atoms with Gasteiger partial charge in [0.05, 0.1) is 0 Å². The fourth-order valence-electron chi connectivity index (χ4n) is 3.97. The van der Waals surface area contributed by atoms with Crippen molar-refractivity contribution in [1.82, 2.24) is 5.32 Å². The third-order valence-electron chi connectivity index (χ3n) is 5.17. The Balaban J connectivity index is 1.94. The lowest BCUT2D eigenvalue weighted by Crippen LogP contribution is -2.45. The third-order valence-corrected chi connectivity index (χ3v) is 5.42. The zero-order chi connectivity index (χ0) is 16.1. The molecule has 0 bridgehead atoms. The lowest BCUT2D eigenvalue weighted by atomic mass is 9.63. The van der Waals surface area contributed by atoms with E-state index >= 15 is 0 Å². The number of aliphatic hydroxyl groups is 1. The van der Waals surface area contributed by atoms with Crippen molar-refractivity contribution in [1.29, 1.82) is 0 Å². The zero-order valence-electron chi connectivity index (χ0n) is 13.3. The summed E-state index contributed by atoms with van der Waals surface area (Å²) in [5, 5.41) is 14.0. The minimum absolute atomic E-state index is 0.0924. The molecular formula is C20H24ClNO. The van der Waals surface area contributed by atoms with Crippen molar-refractivity contribution >= 4 is 11.6 Å². The predicted molar refractivity (Wildman–Crippen MR) is 96.0 cm³/mol. The van der Waals surface area contributed by atoms with E-state index in [0.717, 1.165) is 37.4 Å². The average molecular weight is 330 g/mol. The van der Waals surface area contributed by atoms with E-state index in [-0.39, 0.29) is 12.0 Å². The minimum atomic E-state index is 0.0924. The van der Waals surface area contributed by atoms with Gasteiger partial charge in [-0.3, -0.25) is 0 Å². The molecule has 0 radical (unpaired) electrons. The van der Waals surface area contributed by atoms with Gasteiger partial charge in [0.15, 0.2) is 0 Å². The first kappa shape index (κ1) is 16.5. The number of nitrogens with one attached hydrogen (secondary N) is 1. The standard InChI is InChI=1S/C20H24ClNO/c21-18-8-6-17(7-9-18)19-15-22-12-10-20(19,11-13-23)14-16-4-2-1-3-5-16/h1-9,19,22-23H,10-15H2/t19-,20+/m1/s1. The third kappa shape index (κ3) is 3.77. The van der Waals surface area contributed by atoms with Crippen LogP contribution in [-0.4, -0.2) is 24.8 Å². The largest absolute Gasteiger partial charge is 0.396 e.